The van der Waals surface area contributed by atoms with Gasteiger partial charge in [-0.3, -0.25) is 4.79 Å². The lowest BCUT2D eigenvalue weighted by Gasteiger charge is -2.18. The number of hydrogen-bond acceptors (Lipinski definition) is 2. The molecule has 24 heavy (non-hydrogen) atoms. The summed E-state index contributed by atoms with van der Waals surface area (Å²) >= 11 is 0. The molecular formula is C22H26O2. The fourth-order valence-electron chi connectivity index (χ4n) is 3.79. The summed E-state index contributed by atoms with van der Waals surface area (Å²) in [4.78, 5) is 12.7. The number of hydrogen-bond donors (Lipinski definition) is 0. The lowest BCUT2D eigenvalue weighted by Crippen LogP contribution is -2.21. The van der Waals surface area contributed by atoms with E-state index in [-0.39, 0.29) is 17.8 Å². The van der Waals surface area contributed by atoms with Gasteiger partial charge >= 0.3 is 5.97 Å². The molecule has 3 atom stereocenters. The predicted octanol–water partition coefficient (Wildman–Crippen LogP) is 5.31. The van der Waals surface area contributed by atoms with Crippen LogP contribution in [0.15, 0.2) is 60.7 Å². The van der Waals surface area contributed by atoms with Gasteiger partial charge in [-0.1, -0.05) is 74.0 Å². The Morgan fingerprint density at radius 3 is 2.21 bits per heavy atom. The predicted molar refractivity (Wildman–Crippen MR) is 97.0 cm³/mol. The van der Waals surface area contributed by atoms with Crippen molar-refractivity contribution in [3.05, 3.63) is 71.8 Å². The average Bonchev–Trinajstić information content (AvgIpc) is 3.09. The molecule has 2 heteroatoms. The van der Waals surface area contributed by atoms with Gasteiger partial charge in [0.25, 0.3) is 0 Å². The molecule has 0 aliphatic heterocycles. The topological polar surface area (TPSA) is 26.3 Å². The molecule has 2 aromatic rings. The van der Waals surface area contributed by atoms with Gasteiger partial charge in [0.05, 0.1) is 12.5 Å². The molecule has 0 saturated heterocycles. The smallest absolute Gasteiger partial charge is 0.309 e. The molecule has 0 heterocycles. The van der Waals surface area contributed by atoms with Gasteiger partial charge in [-0.05, 0) is 42.2 Å². The van der Waals surface area contributed by atoms with E-state index < -0.39 is 0 Å². The number of carbonyl (C=O) groups excluding carboxylic acids is 1. The van der Waals surface area contributed by atoms with Crippen LogP contribution in [0.25, 0.3) is 0 Å². The number of unbranched alkanes of at least 4 members (excludes halogenated alkanes) is 1. The quantitative estimate of drug-likeness (QED) is 0.532. The molecule has 0 amide bonds. The zero-order valence-electron chi connectivity index (χ0n) is 14.4. The third-order valence-electron chi connectivity index (χ3n) is 5.11. The zero-order valence-corrected chi connectivity index (χ0v) is 14.4. The Kier molecular flexibility index (Phi) is 5.68. The lowest BCUT2D eigenvalue weighted by molar-refractivity contribution is -0.149. The highest BCUT2D eigenvalue weighted by Crippen LogP contribution is 2.48. The molecule has 1 saturated carbocycles. The maximum atomic E-state index is 12.7. The normalized spacial score (nSPS) is 23.1. The van der Waals surface area contributed by atoms with Crippen LogP contribution in [0.1, 0.15) is 55.6 Å². The van der Waals surface area contributed by atoms with Crippen LogP contribution in [-0.2, 0) is 9.53 Å². The summed E-state index contributed by atoms with van der Waals surface area (Å²) in [6.45, 7) is 2.66. The highest BCUT2D eigenvalue weighted by molar-refractivity contribution is 5.74. The van der Waals surface area contributed by atoms with Crippen LogP contribution in [0.2, 0.25) is 0 Å². The van der Waals surface area contributed by atoms with Crippen LogP contribution in [0.4, 0.5) is 0 Å². The Bertz CT molecular complexity index is 636. The fraction of sp³-hybridized carbons (Fsp3) is 0.409. The molecule has 1 aliphatic rings. The van der Waals surface area contributed by atoms with Crippen molar-refractivity contribution in [3.63, 3.8) is 0 Å². The Hall–Kier alpha value is -2.09. The van der Waals surface area contributed by atoms with E-state index in [1.54, 1.807) is 0 Å². The number of rotatable bonds is 6. The van der Waals surface area contributed by atoms with Gasteiger partial charge in [-0.15, -0.1) is 0 Å². The summed E-state index contributed by atoms with van der Waals surface area (Å²) in [7, 11) is 0. The molecule has 3 rings (SSSR count). The first kappa shape index (κ1) is 16.8. The average molecular weight is 322 g/mol. The second-order valence-corrected chi connectivity index (χ2v) is 6.72. The standard InChI is InChI=1S/C22H26O2/c1-2-3-14-24-22(23)21-16-19(17-10-6-4-7-11-17)15-20(21)18-12-8-5-9-13-18/h4-13,19-21H,2-3,14-16H2,1H3/t19-,20-,21-/m1/s1. The van der Waals surface area contributed by atoms with Gasteiger partial charge in [0.2, 0.25) is 0 Å². The highest BCUT2D eigenvalue weighted by atomic mass is 16.5. The van der Waals surface area contributed by atoms with E-state index in [1.165, 1.54) is 11.1 Å². The minimum absolute atomic E-state index is 0.0178. The van der Waals surface area contributed by atoms with E-state index in [0.29, 0.717) is 12.5 Å². The van der Waals surface area contributed by atoms with Crippen LogP contribution in [0.5, 0.6) is 0 Å². The van der Waals surface area contributed by atoms with E-state index in [2.05, 4.69) is 55.5 Å². The van der Waals surface area contributed by atoms with Crippen LogP contribution in [0, 0.1) is 5.92 Å². The third kappa shape index (κ3) is 3.87. The maximum Gasteiger partial charge on any atom is 0.309 e. The molecule has 2 aromatic carbocycles. The number of benzene rings is 2. The van der Waals surface area contributed by atoms with Crippen molar-refractivity contribution >= 4 is 5.97 Å². The van der Waals surface area contributed by atoms with Crippen molar-refractivity contribution in [1.29, 1.82) is 0 Å². The molecule has 0 unspecified atom stereocenters. The maximum absolute atomic E-state index is 12.7. The molecule has 1 fully saturated rings. The minimum Gasteiger partial charge on any atom is -0.465 e. The molecule has 1 aliphatic carbocycles. The lowest BCUT2D eigenvalue weighted by atomic mass is 9.89. The van der Waals surface area contributed by atoms with E-state index in [1.807, 2.05) is 12.1 Å². The molecule has 126 valence electrons. The van der Waals surface area contributed by atoms with Crippen LogP contribution in [0.3, 0.4) is 0 Å². The van der Waals surface area contributed by atoms with Gasteiger partial charge in [-0.2, -0.15) is 0 Å². The van der Waals surface area contributed by atoms with Crippen LogP contribution >= 0.6 is 0 Å². The Labute approximate surface area is 144 Å². The minimum atomic E-state index is -0.0329. The first-order chi connectivity index (χ1) is 11.8. The van der Waals surface area contributed by atoms with E-state index in [4.69, 9.17) is 4.74 Å². The summed E-state index contributed by atoms with van der Waals surface area (Å²) in [5.74, 6) is 0.635. The van der Waals surface area contributed by atoms with Gasteiger partial charge in [0.15, 0.2) is 0 Å². The van der Waals surface area contributed by atoms with Gasteiger partial charge in [-0.25, -0.2) is 0 Å². The Morgan fingerprint density at radius 1 is 0.958 bits per heavy atom. The van der Waals surface area contributed by atoms with Crippen LogP contribution in [-0.4, -0.2) is 12.6 Å². The van der Waals surface area contributed by atoms with Crippen molar-refractivity contribution in [2.24, 2.45) is 5.92 Å². The summed E-state index contributed by atoms with van der Waals surface area (Å²) in [5, 5.41) is 0. The third-order valence-corrected chi connectivity index (χ3v) is 5.11. The summed E-state index contributed by atoms with van der Waals surface area (Å²) < 4.78 is 5.56. The molecule has 0 N–H and O–H groups in total. The Morgan fingerprint density at radius 2 is 1.58 bits per heavy atom. The number of ether oxygens (including phenoxy) is 1. The fourth-order valence-corrected chi connectivity index (χ4v) is 3.79. The van der Waals surface area contributed by atoms with E-state index in [0.717, 1.165) is 25.7 Å². The van der Waals surface area contributed by atoms with Crippen molar-refractivity contribution in [1.82, 2.24) is 0 Å². The molecular weight excluding hydrogens is 296 g/mol. The molecule has 0 radical (unpaired) electrons. The first-order valence-corrected chi connectivity index (χ1v) is 9.06. The van der Waals surface area contributed by atoms with Crippen molar-refractivity contribution in [2.75, 3.05) is 6.61 Å². The van der Waals surface area contributed by atoms with E-state index in [9.17, 15) is 4.79 Å². The summed E-state index contributed by atoms with van der Waals surface area (Å²) in [6, 6.07) is 21.0. The van der Waals surface area contributed by atoms with Crippen molar-refractivity contribution < 1.29 is 9.53 Å². The van der Waals surface area contributed by atoms with Gasteiger partial charge < -0.3 is 4.74 Å². The summed E-state index contributed by atoms with van der Waals surface area (Å²) in [5.41, 5.74) is 2.59. The monoisotopic (exact) mass is 322 g/mol. The molecule has 0 spiro atoms. The summed E-state index contributed by atoms with van der Waals surface area (Å²) in [6.07, 6.45) is 3.89. The van der Waals surface area contributed by atoms with Crippen LogP contribution < -0.4 is 0 Å². The molecule has 2 nitrogen and oxygen atoms in total. The molecule has 0 aromatic heterocycles. The largest absolute Gasteiger partial charge is 0.465 e. The van der Waals surface area contributed by atoms with Gasteiger partial charge in [0, 0.05) is 0 Å². The van der Waals surface area contributed by atoms with E-state index >= 15 is 0 Å². The highest BCUT2D eigenvalue weighted by Gasteiger charge is 2.40. The number of esters is 1. The SMILES string of the molecule is CCCCOC(=O)[C@@H]1C[C@H](c2ccccc2)C[C@@H]1c1ccccc1. The zero-order chi connectivity index (χ0) is 16.8. The second-order valence-electron chi connectivity index (χ2n) is 6.72. The van der Waals surface area contributed by atoms with Crippen molar-refractivity contribution in [2.45, 2.75) is 44.4 Å². The molecule has 0 bridgehead atoms. The number of carbonyl (C=O) groups is 1. The second kappa shape index (κ2) is 8.14. The first-order valence-electron chi connectivity index (χ1n) is 9.06. The van der Waals surface area contributed by atoms with Crippen molar-refractivity contribution in [3.8, 4) is 0 Å². The Balaban J connectivity index is 1.79. The van der Waals surface area contributed by atoms with Gasteiger partial charge in [0.1, 0.15) is 0 Å².